The van der Waals surface area contributed by atoms with Crippen molar-refractivity contribution in [1.29, 1.82) is 0 Å². The highest BCUT2D eigenvalue weighted by Gasteiger charge is 2.33. The number of piperidine rings is 1. The number of carbonyl (C=O) groups is 1. The van der Waals surface area contributed by atoms with E-state index in [0.29, 0.717) is 26.3 Å². The van der Waals surface area contributed by atoms with Crippen LogP contribution in [-0.2, 0) is 29.1 Å². The molecule has 5 heteroatoms. The Hall–Kier alpha value is -3.67. The van der Waals surface area contributed by atoms with E-state index in [1.165, 1.54) is 32.4 Å². The van der Waals surface area contributed by atoms with E-state index in [-0.39, 0.29) is 12.0 Å². The Morgan fingerprint density at radius 3 is 2.34 bits per heavy atom. The minimum Gasteiger partial charge on any atom is -0.465 e. The van der Waals surface area contributed by atoms with Gasteiger partial charge in [0.1, 0.15) is 0 Å². The van der Waals surface area contributed by atoms with E-state index in [9.17, 15) is 9.90 Å². The highest BCUT2D eigenvalue weighted by molar-refractivity contribution is 5.82. The summed E-state index contributed by atoms with van der Waals surface area (Å²) < 4.78 is 12.2. The molecule has 1 aliphatic heterocycles. The molecule has 1 aliphatic rings. The Balaban J connectivity index is 1.17. The molecular formula is C33H35NO4. The molecule has 0 bridgehead atoms. The molecule has 4 aromatic rings. The molecule has 0 radical (unpaired) electrons. The van der Waals surface area contributed by atoms with Gasteiger partial charge in [0.25, 0.3) is 0 Å². The van der Waals surface area contributed by atoms with Crippen LogP contribution in [0.15, 0.2) is 97.1 Å². The molecule has 1 heterocycles. The summed E-state index contributed by atoms with van der Waals surface area (Å²) in [6.07, 6.45) is 1.62. The van der Waals surface area contributed by atoms with Gasteiger partial charge in [0, 0.05) is 19.1 Å². The molecule has 5 rings (SSSR count). The maximum absolute atomic E-state index is 11.7. The molecule has 1 amide bonds. The molecule has 2 atom stereocenters. The molecule has 2 unspecified atom stereocenters. The first-order valence-corrected chi connectivity index (χ1v) is 13.4. The highest BCUT2D eigenvalue weighted by Crippen LogP contribution is 2.32. The first-order valence-electron chi connectivity index (χ1n) is 13.4. The second kappa shape index (κ2) is 12.7. The van der Waals surface area contributed by atoms with E-state index in [1.807, 2.05) is 30.3 Å². The average Bonchev–Trinajstić information content (AvgIpc) is 2.96. The SMILES string of the molecule is O=C(O)N1CCC(c2ccc(CCCOCc3ccccc3)cc2)C(OCc2ccc3ccccc3c2)C1. The lowest BCUT2D eigenvalue weighted by atomic mass is 9.86. The van der Waals surface area contributed by atoms with Gasteiger partial charge in [0.05, 0.1) is 25.9 Å². The monoisotopic (exact) mass is 509 g/mol. The predicted octanol–water partition coefficient (Wildman–Crippen LogP) is 7.04. The van der Waals surface area contributed by atoms with Crippen molar-refractivity contribution in [3.05, 3.63) is 119 Å². The van der Waals surface area contributed by atoms with Gasteiger partial charge in [-0.1, -0.05) is 91.0 Å². The topological polar surface area (TPSA) is 59.0 Å². The number of ether oxygens (including phenoxy) is 2. The van der Waals surface area contributed by atoms with E-state index in [4.69, 9.17) is 9.47 Å². The Bertz CT molecular complexity index is 1320. The molecular weight excluding hydrogens is 474 g/mol. The molecule has 5 nitrogen and oxygen atoms in total. The lowest BCUT2D eigenvalue weighted by Crippen LogP contribution is -2.46. The van der Waals surface area contributed by atoms with E-state index in [2.05, 4.69) is 66.7 Å². The van der Waals surface area contributed by atoms with E-state index in [1.54, 1.807) is 0 Å². The summed E-state index contributed by atoms with van der Waals surface area (Å²) in [5, 5.41) is 12.0. The third-order valence-electron chi connectivity index (χ3n) is 7.38. The maximum Gasteiger partial charge on any atom is 0.407 e. The Morgan fingerprint density at radius 1 is 0.816 bits per heavy atom. The third kappa shape index (κ3) is 6.80. The fraction of sp³-hybridized carbons (Fsp3) is 0.303. The molecule has 0 saturated carbocycles. The highest BCUT2D eigenvalue weighted by atomic mass is 16.5. The van der Waals surface area contributed by atoms with E-state index < -0.39 is 6.09 Å². The first-order chi connectivity index (χ1) is 18.7. The maximum atomic E-state index is 11.7. The molecule has 0 aromatic heterocycles. The van der Waals surface area contributed by atoms with Gasteiger partial charge in [-0.3, -0.25) is 0 Å². The number of hydrogen-bond acceptors (Lipinski definition) is 3. The Kier molecular flexibility index (Phi) is 8.69. The molecule has 4 aromatic carbocycles. The minimum absolute atomic E-state index is 0.161. The third-order valence-corrected chi connectivity index (χ3v) is 7.38. The Labute approximate surface area is 224 Å². The summed E-state index contributed by atoms with van der Waals surface area (Å²) in [5.74, 6) is 0.161. The molecule has 0 spiro atoms. The number of rotatable bonds is 10. The number of fused-ring (bicyclic) bond motifs is 1. The van der Waals surface area contributed by atoms with Crippen LogP contribution in [0.3, 0.4) is 0 Å². The van der Waals surface area contributed by atoms with Crippen molar-refractivity contribution in [3.8, 4) is 0 Å². The van der Waals surface area contributed by atoms with Crippen LogP contribution < -0.4 is 0 Å². The van der Waals surface area contributed by atoms with Gasteiger partial charge >= 0.3 is 6.09 Å². The van der Waals surface area contributed by atoms with E-state index >= 15 is 0 Å². The summed E-state index contributed by atoms with van der Waals surface area (Å²) in [5.41, 5.74) is 4.79. The number of amides is 1. The molecule has 1 fully saturated rings. The van der Waals surface area contributed by atoms with Gasteiger partial charge in [0.2, 0.25) is 0 Å². The predicted molar refractivity (Wildman–Crippen MR) is 150 cm³/mol. The number of benzene rings is 4. The first kappa shape index (κ1) is 26.0. The Morgan fingerprint density at radius 2 is 1.55 bits per heavy atom. The fourth-order valence-electron chi connectivity index (χ4n) is 5.25. The largest absolute Gasteiger partial charge is 0.465 e. The number of nitrogens with zero attached hydrogens (tertiary/aromatic N) is 1. The molecule has 1 N–H and O–H groups in total. The van der Waals surface area contributed by atoms with Crippen molar-refractivity contribution in [1.82, 2.24) is 4.90 Å². The summed E-state index contributed by atoms with van der Waals surface area (Å²) in [6.45, 7) is 2.75. The molecule has 38 heavy (non-hydrogen) atoms. The van der Waals surface area contributed by atoms with Crippen LogP contribution in [0.4, 0.5) is 4.79 Å². The zero-order chi connectivity index (χ0) is 26.2. The van der Waals surface area contributed by atoms with Crippen molar-refractivity contribution in [3.63, 3.8) is 0 Å². The number of aryl methyl sites for hydroxylation is 1. The molecule has 1 saturated heterocycles. The quantitative estimate of drug-likeness (QED) is 0.233. The standard InChI is InChI=1S/C33H35NO4/c35-33(36)34-19-18-31(32(22-34)38-24-27-14-15-28-10-4-5-11-30(28)21-27)29-16-12-25(13-17-29)9-6-20-37-23-26-7-2-1-3-8-26/h1-5,7-8,10-17,21,31-32H,6,9,18-20,22-24H2,(H,35,36). The normalized spacial score (nSPS) is 17.5. The zero-order valence-corrected chi connectivity index (χ0v) is 21.7. The minimum atomic E-state index is -0.882. The lowest BCUT2D eigenvalue weighted by molar-refractivity contribution is -0.0199. The number of likely N-dealkylation sites (tertiary alicyclic amines) is 1. The average molecular weight is 510 g/mol. The summed E-state index contributed by atoms with van der Waals surface area (Å²) >= 11 is 0. The van der Waals surface area contributed by atoms with Crippen LogP contribution in [-0.4, -0.2) is 41.9 Å². The van der Waals surface area contributed by atoms with Crippen molar-refractivity contribution < 1.29 is 19.4 Å². The van der Waals surface area contributed by atoms with Gasteiger partial charge in [-0.15, -0.1) is 0 Å². The number of hydrogen-bond donors (Lipinski definition) is 1. The van der Waals surface area contributed by atoms with Crippen LogP contribution in [0.25, 0.3) is 10.8 Å². The van der Waals surface area contributed by atoms with Crippen LogP contribution in [0.2, 0.25) is 0 Å². The van der Waals surface area contributed by atoms with Crippen LogP contribution >= 0.6 is 0 Å². The smallest absolute Gasteiger partial charge is 0.407 e. The summed E-state index contributed by atoms with van der Waals surface area (Å²) in [4.78, 5) is 13.2. The molecule has 0 aliphatic carbocycles. The van der Waals surface area contributed by atoms with Crippen LogP contribution in [0, 0.1) is 0 Å². The lowest BCUT2D eigenvalue weighted by Gasteiger charge is -2.37. The summed E-state index contributed by atoms with van der Waals surface area (Å²) in [7, 11) is 0. The van der Waals surface area contributed by atoms with Crippen molar-refractivity contribution in [2.24, 2.45) is 0 Å². The second-order valence-corrected chi connectivity index (χ2v) is 10.0. The second-order valence-electron chi connectivity index (χ2n) is 10.0. The van der Waals surface area contributed by atoms with Crippen molar-refractivity contribution >= 4 is 16.9 Å². The van der Waals surface area contributed by atoms with Crippen LogP contribution in [0.1, 0.15) is 41.0 Å². The fourth-order valence-corrected chi connectivity index (χ4v) is 5.25. The van der Waals surface area contributed by atoms with Gasteiger partial charge in [-0.25, -0.2) is 4.79 Å². The van der Waals surface area contributed by atoms with Gasteiger partial charge in [-0.05, 0) is 58.4 Å². The molecule has 196 valence electrons. The number of carboxylic acid groups (broad SMARTS) is 1. The van der Waals surface area contributed by atoms with Crippen LogP contribution in [0.5, 0.6) is 0 Å². The summed E-state index contributed by atoms with van der Waals surface area (Å²) in [6, 6.07) is 33.6. The zero-order valence-electron chi connectivity index (χ0n) is 21.7. The van der Waals surface area contributed by atoms with E-state index in [0.717, 1.165) is 31.4 Å². The van der Waals surface area contributed by atoms with Gasteiger partial charge in [-0.2, -0.15) is 0 Å². The van der Waals surface area contributed by atoms with Gasteiger partial charge in [0.15, 0.2) is 0 Å². The van der Waals surface area contributed by atoms with Crippen molar-refractivity contribution in [2.45, 2.75) is 44.5 Å². The van der Waals surface area contributed by atoms with Crippen molar-refractivity contribution in [2.75, 3.05) is 19.7 Å². The van der Waals surface area contributed by atoms with Gasteiger partial charge < -0.3 is 19.5 Å².